The molecular formula is C10H7Br2FO2. The van der Waals surface area contributed by atoms with Crippen LogP contribution in [0.25, 0.3) is 6.08 Å². The summed E-state index contributed by atoms with van der Waals surface area (Å²) in [5.41, 5.74) is 0.720. The molecule has 0 saturated carbocycles. The van der Waals surface area contributed by atoms with Gasteiger partial charge in [-0.05, 0) is 12.1 Å². The molecule has 0 aromatic heterocycles. The first-order valence-corrected chi connectivity index (χ1v) is 5.62. The zero-order chi connectivity index (χ0) is 11.4. The Balaban J connectivity index is 2.94. The molecule has 0 unspecified atom stereocenters. The van der Waals surface area contributed by atoms with Gasteiger partial charge >= 0.3 is 5.97 Å². The van der Waals surface area contributed by atoms with Crippen molar-refractivity contribution in [3.8, 4) is 0 Å². The van der Waals surface area contributed by atoms with Gasteiger partial charge in [0.25, 0.3) is 0 Å². The van der Waals surface area contributed by atoms with Crippen molar-refractivity contribution >= 4 is 43.9 Å². The van der Waals surface area contributed by atoms with Crippen LogP contribution in [0.3, 0.4) is 0 Å². The summed E-state index contributed by atoms with van der Waals surface area (Å²) >= 11 is 6.39. The van der Waals surface area contributed by atoms with Gasteiger partial charge in [-0.1, -0.05) is 44.0 Å². The van der Waals surface area contributed by atoms with E-state index in [-0.39, 0.29) is 12.2 Å². The van der Waals surface area contributed by atoms with E-state index < -0.39 is 5.97 Å². The average Bonchev–Trinajstić information content (AvgIpc) is 2.08. The van der Waals surface area contributed by atoms with Crippen LogP contribution in [0, 0.1) is 5.82 Å². The number of carbonyl (C=O) groups is 1. The van der Waals surface area contributed by atoms with E-state index in [2.05, 4.69) is 31.9 Å². The maximum absolute atomic E-state index is 12.9. The summed E-state index contributed by atoms with van der Waals surface area (Å²) in [6, 6.07) is 2.65. The zero-order valence-electron chi connectivity index (χ0n) is 7.51. The van der Waals surface area contributed by atoms with Gasteiger partial charge in [-0.25, -0.2) is 4.39 Å². The Morgan fingerprint density at radius 2 is 1.93 bits per heavy atom. The van der Waals surface area contributed by atoms with E-state index in [1.54, 1.807) is 6.08 Å². The van der Waals surface area contributed by atoms with Gasteiger partial charge in [0.2, 0.25) is 0 Å². The highest BCUT2D eigenvalue weighted by atomic mass is 79.9. The van der Waals surface area contributed by atoms with Gasteiger partial charge < -0.3 is 5.11 Å². The van der Waals surface area contributed by atoms with Crippen molar-refractivity contribution in [2.75, 3.05) is 0 Å². The molecule has 15 heavy (non-hydrogen) atoms. The van der Waals surface area contributed by atoms with Gasteiger partial charge in [0.15, 0.2) is 0 Å². The summed E-state index contributed by atoms with van der Waals surface area (Å²) in [6.07, 6.45) is 3.07. The number of carboxylic acids is 1. The molecule has 0 aliphatic heterocycles. The number of hydrogen-bond acceptors (Lipinski definition) is 1. The van der Waals surface area contributed by atoms with Crippen LogP contribution in [0.4, 0.5) is 4.39 Å². The van der Waals surface area contributed by atoms with Gasteiger partial charge in [-0.15, -0.1) is 0 Å². The summed E-state index contributed by atoms with van der Waals surface area (Å²) in [7, 11) is 0. The molecule has 0 heterocycles. The molecule has 1 aromatic carbocycles. The maximum atomic E-state index is 12.9. The number of benzene rings is 1. The predicted octanol–water partition coefficient (Wildman–Crippen LogP) is 3.84. The van der Waals surface area contributed by atoms with Crippen LogP contribution in [0.5, 0.6) is 0 Å². The number of hydrogen-bond donors (Lipinski definition) is 1. The van der Waals surface area contributed by atoms with Crippen molar-refractivity contribution in [1.29, 1.82) is 0 Å². The molecule has 0 atom stereocenters. The normalized spacial score (nSPS) is 10.9. The van der Waals surface area contributed by atoms with Crippen molar-refractivity contribution in [1.82, 2.24) is 0 Å². The fourth-order valence-electron chi connectivity index (χ4n) is 0.990. The summed E-state index contributed by atoms with van der Waals surface area (Å²) in [5, 5.41) is 8.44. The molecule has 0 fully saturated rings. The first-order valence-electron chi connectivity index (χ1n) is 4.03. The predicted molar refractivity (Wildman–Crippen MR) is 63.1 cm³/mol. The zero-order valence-corrected chi connectivity index (χ0v) is 10.7. The smallest absolute Gasteiger partial charge is 0.307 e. The molecule has 0 radical (unpaired) electrons. The third-order valence-corrected chi connectivity index (χ3v) is 2.93. The molecule has 80 valence electrons. The van der Waals surface area contributed by atoms with Gasteiger partial charge in [0, 0.05) is 14.5 Å². The summed E-state index contributed by atoms with van der Waals surface area (Å²) in [4.78, 5) is 10.3. The van der Waals surface area contributed by atoms with Crippen molar-refractivity contribution in [2.45, 2.75) is 6.42 Å². The molecule has 0 amide bonds. The van der Waals surface area contributed by atoms with Crippen molar-refractivity contribution in [2.24, 2.45) is 0 Å². The lowest BCUT2D eigenvalue weighted by molar-refractivity contribution is -0.135. The van der Waals surface area contributed by atoms with E-state index in [1.807, 2.05) is 0 Å². The number of aliphatic carboxylic acids is 1. The molecule has 1 aromatic rings. The van der Waals surface area contributed by atoms with E-state index in [4.69, 9.17) is 5.11 Å². The van der Waals surface area contributed by atoms with Crippen molar-refractivity contribution in [3.63, 3.8) is 0 Å². The van der Waals surface area contributed by atoms with E-state index in [9.17, 15) is 9.18 Å². The minimum Gasteiger partial charge on any atom is -0.481 e. The lowest BCUT2D eigenvalue weighted by atomic mass is 10.2. The largest absolute Gasteiger partial charge is 0.481 e. The number of halogens is 3. The molecule has 5 heteroatoms. The van der Waals surface area contributed by atoms with Crippen LogP contribution in [0.2, 0.25) is 0 Å². The van der Waals surface area contributed by atoms with Crippen LogP contribution < -0.4 is 0 Å². The second kappa shape index (κ2) is 5.42. The standard InChI is InChI=1S/C10H7Br2FO2/c11-8-4-6(13)5-9(12)7(8)2-1-3-10(14)15/h1-2,4-5H,3H2,(H,14,15). The third kappa shape index (κ3) is 3.76. The van der Waals surface area contributed by atoms with Crippen LogP contribution in [0.1, 0.15) is 12.0 Å². The quantitative estimate of drug-likeness (QED) is 0.909. The van der Waals surface area contributed by atoms with Crippen molar-refractivity contribution in [3.05, 3.63) is 38.5 Å². The van der Waals surface area contributed by atoms with Gasteiger partial charge in [-0.2, -0.15) is 0 Å². The lowest BCUT2D eigenvalue weighted by Gasteiger charge is -2.02. The van der Waals surface area contributed by atoms with Crippen LogP contribution in [-0.4, -0.2) is 11.1 Å². The fourth-order valence-corrected chi connectivity index (χ4v) is 2.39. The fraction of sp³-hybridized carbons (Fsp3) is 0.100. The summed E-state index contributed by atoms with van der Waals surface area (Å²) in [5.74, 6) is -1.26. The number of carboxylic acid groups (broad SMARTS) is 1. The molecule has 2 nitrogen and oxygen atoms in total. The second-order valence-electron chi connectivity index (χ2n) is 2.78. The van der Waals surface area contributed by atoms with E-state index in [1.165, 1.54) is 18.2 Å². The van der Waals surface area contributed by atoms with Gasteiger partial charge in [0.1, 0.15) is 5.82 Å². The summed E-state index contributed by atoms with van der Waals surface area (Å²) < 4.78 is 14.0. The maximum Gasteiger partial charge on any atom is 0.307 e. The minimum absolute atomic E-state index is 0.0593. The second-order valence-corrected chi connectivity index (χ2v) is 4.49. The minimum atomic E-state index is -0.902. The highest BCUT2D eigenvalue weighted by Crippen LogP contribution is 2.28. The summed E-state index contributed by atoms with van der Waals surface area (Å²) in [6.45, 7) is 0. The Morgan fingerprint density at radius 3 is 2.40 bits per heavy atom. The monoisotopic (exact) mass is 336 g/mol. The van der Waals surface area contributed by atoms with Crippen LogP contribution >= 0.6 is 31.9 Å². The molecule has 0 saturated heterocycles. The first-order chi connectivity index (χ1) is 7.00. The van der Waals surface area contributed by atoms with Crippen LogP contribution in [0.15, 0.2) is 27.2 Å². The molecule has 0 aliphatic carbocycles. The third-order valence-electron chi connectivity index (χ3n) is 1.62. The molecule has 0 bridgehead atoms. The number of rotatable bonds is 3. The highest BCUT2D eigenvalue weighted by molar-refractivity contribution is 9.11. The van der Waals surface area contributed by atoms with Crippen molar-refractivity contribution < 1.29 is 14.3 Å². The van der Waals surface area contributed by atoms with Gasteiger partial charge in [0.05, 0.1) is 6.42 Å². The highest BCUT2D eigenvalue weighted by Gasteiger charge is 2.04. The molecule has 0 spiro atoms. The Labute approximate surface area is 103 Å². The molecule has 1 rings (SSSR count). The van der Waals surface area contributed by atoms with E-state index >= 15 is 0 Å². The lowest BCUT2D eigenvalue weighted by Crippen LogP contribution is -1.90. The SMILES string of the molecule is O=C(O)CC=Cc1c(Br)cc(F)cc1Br. The molecular weight excluding hydrogens is 331 g/mol. The van der Waals surface area contributed by atoms with E-state index in [0.717, 1.165) is 5.56 Å². The van der Waals surface area contributed by atoms with Gasteiger partial charge in [-0.3, -0.25) is 4.79 Å². The topological polar surface area (TPSA) is 37.3 Å². The molecule has 0 aliphatic rings. The average molecular weight is 338 g/mol. The first kappa shape index (κ1) is 12.4. The Morgan fingerprint density at radius 1 is 1.40 bits per heavy atom. The Kier molecular flexibility index (Phi) is 4.47. The Hall–Kier alpha value is -0.680. The molecule has 1 N–H and O–H groups in total. The van der Waals surface area contributed by atoms with Crippen LogP contribution in [-0.2, 0) is 4.79 Å². The Bertz CT molecular complexity index is 393. The van der Waals surface area contributed by atoms with E-state index in [0.29, 0.717) is 8.95 Å².